The highest BCUT2D eigenvalue weighted by Crippen LogP contribution is 2.14. The predicted octanol–water partition coefficient (Wildman–Crippen LogP) is -2.10. The van der Waals surface area contributed by atoms with Crippen LogP contribution in [0.15, 0.2) is 24.3 Å². The quantitative estimate of drug-likeness (QED) is 0.0664. The predicted molar refractivity (Wildman–Crippen MR) is 145 cm³/mol. The summed E-state index contributed by atoms with van der Waals surface area (Å²) in [6, 6.07) is 5.80. The van der Waals surface area contributed by atoms with E-state index in [4.69, 9.17) is 15.9 Å². The van der Waals surface area contributed by atoms with E-state index in [1.54, 1.807) is 24.3 Å². The number of benzene rings is 1. The fourth-order valence-electron chi connectivity index (χ4n) is 4.24. The molecule has 0 aliphatic heterocycles. The summed E-state index contributed by atoms with van der Waals surface area (Å²) in [4.78, 5) is 73.5. The molecular formula is C25H37N5O12. The van der Waals surface area contributed by atoms with Gasteiger partial charge in [0.2, 0.25) is 0 Å². The SMILES string of the molecule is Nc1ccc(CC(CN(CCN(CCN(CC(=O)O)CC(=O)O)CC(=O)O)CC(=O)O)N(CC(=O)O)CC(=O)O)cc1. The van der Waals surface area contributed by atoms with Crippen LogP contribution in [0.4, 0.5) is 5.69 Å². The van der Waals surface area contributed by atoms with E-state index in [-0.39, 0.29) is 39.1 Å². The molecule has 0 aromatic heterocycles. The minimum Gasteiger partial charge on any atom is -0.480 e. The highest BCUT2D eigenvalue weighted by atomic mass is 16.4. The van der Waals surface area contributed by atoms with Crippen molar-refractivity contribution in [3.8, 4) is 0 Å². The summed E-state index contributed by atoms with van der Waals surface area (Å²) in [5, 5.41) is 55.7. The lowest BCUT2D eigenvalue weighted by Gasteiger charge is -2.34. The first-order valence-corrected chi connectivity index (χ1v) is 12.7. The molecule has 1 atom stereocenters. The van der Waals surface area contributed by atoms with Gasteiger partial charge in [0.05, 0.1) is 39.3 Å². The Hall–Kier alpha value is -4.32. The van der Waals surface area contributed by atoms with Crippen LogP contribution in [0, 0.1) is 0 Å². The van der Waals surface area contributed by atoms with Crippen LogP contribution in [0.1, 0.15) is 5.56 Å². The maximum absolute atomic E-state index is 11.7. The fraction of sp³-hybridized carbons (Fsp3) is 0.520. The van der Waals surface area contributed by atoms with E-state index in [9.17, 15) is 49.2 Å². The van der Waals surface area contributed by atoms with Crippen molar-refractivity contribution < 1.29 is 59.4 Å². The van der Waals surface area contributed by atoms with Gasteiger partial charge in [0, 0.05) is 44.5 Å². The highest BCUT2D eigenvalue weighted by molar-refractivity contribution is 5.73. The monoisotopic (exact) mass is 599 g/mol. The molecule has 17 heteroatoms. The Balaban J connectivity index is 3.18. The molecule has 0 bridgehead atoms. The van der Waals surface area contributed by atoms with Crippen LogP contribution in [0.3, 0.4) is 0 Å². The molecule has 0 amide bonds. The maximum atomic E-state index is 11.7. The zero-order valence-electron chi connectivity index (χ0n) is 22.9. The summed E-state index contributed by atoms with van der Waals surface area (Å²) in [5.74, 6) is -7.58. The number of anilines is 1. The maximum Gasteiger partial charge on any atom is 0.317 e. The highest BCUT2D eigenvalue weighted by Gasteiger charge is 2.27. The van der Waals surface area contributed by atoms with E-state index >= 15 is 0 Å². The van der Waals surface area contributed by atoms with E-state index in [1.807, 2.05) is 0 Å². The Morgan fingerprint density at radius 2 is 0.905 bits per heavy atom. The number of nitrogens with zero attached hydrogens (tertiary/aromatic N) is 4. The summed E-state index contributed by atoms with van der Waals surface area (Å²) in [7, 11) is 0. The van der Waals surface area contributed by atoms with Crippen LogP contribution in [0.25, 0.3) is 0 Å². The average Bonchev–Trinajstić information content (AvgIpc) is 2.84. The van der Waals surface area contributed by atoms with Gasteiger partial charge >= 0.3 is 35.8 Å². The normalized spacial score (nSPS) is 12.1. The summed E-state index contributed by atoms with van der Waals surface area (Å²) in [6.07, 6.45) is 0.148. The topological polar surface area (TPSA) is 263 Å². The molecule has 0 saturated carbocycles. The summed E-state index contributed by atoms with van der Waals surface area (Å²) < 4.78 is 0. The first-order chi connectivity index (χ1) is 19.6. The molecule has 1 aromatic rings. The number of hydrogen-bond donors (Lipinski definition) is 7. The number of aliphatic carboxylic acids is 6. The number of carbonyl (C=O) groups is 6. The summed E-state index contributed by atoms with van der Waals surface area (Å²) in [5.41, 5.74) is 6.89. The third kappa shape index (κ3) is 16.1. The molecule has 17 nitrogen and oxygen atoms in total. The zero-order chi connectivity index (χ0) is 31.8. The molecule has 0 radical (unpaired) electrons. The van der Waals surface area contributed by atoms with Gasteiger partial charge in [-0.25, -0.2) is 0 Å². The Bertz CT molecular complexity index is 1050. The van der Waals surface area contributed by atoms with Gasteiger partial charge < -0.3 is 36.4 Å². The van der Waals surface area contributed by atoms with Crippen LogP contribution < -0.4 is 5.73 Å². The second kappa shape index (κ2) is 18.2. The third-order valence-electron chi connectivity index (χ3n) is 6.01. The molecule has 0 spiro atoms. The van der Waals surface area contributed by atoms with E-state index in [1.165, 1.54) is 14.7 Å². The van der Waals surface area contributed by atoms with Gasteiger partial charge in [-0.1, -0.05) is 12.1 Å². The van der Waals surface area contributed by atoms with Crippen molar-refractivity contribution in [2.75, 3.05) is 77.7 Å². The van der Waals surface area contributed by atoms with Crippen molar-refractivity contribution in [2.45, 2.75) is 12.5 Å². The standard InChI is InChI=1S/C25H37N5O12/c26-18-3-1-17(2-4-18)9-19(30(15-24(39)40)16-25(41)42)10-28(12-21(33)34)7-5-27(11-20(31)32)6-8-29(13-22(35)36)14-23(37)38/h1-4,19H,5-16,26H2,(H,31,32)(H,33,34)(H,35,36)(H,37,38)(H,39,40)(H,41,42). The minimum atomic E-state index is -1.29. The van der Waals surface area contributed by atoms with Crippen LogP contribution in [-0.2, 0) is 35.2 Å². The van der Waals surface area contributed by atoms with Crippen LogP contribution in [0.5, 0.6) is 0 Å². The summed E-state index contributed by atoms with van der Waals surface area (Å²) >= 11 is 0. The van der Waals surface area contributed by atoms with Crippen molar-refractivity contribution >= 4 is 41.5 Å². The molecule has 0 aliphatic rings. The lowest BCUT2D eigenvalue weighted by Crippen LogP contribution is -2.51. The molecule has 8 N–H and O–H groups in total. The van der Waals surface area contributed by atoms with Crippen molar-refractivity contribution in [3.05, 3.63) is 29.8 Å². The summed E-state index contributed by atoms with van der Waals surface area (Å²) in [6.45, 7) is -3.80. The van der Waals surface area contributed by atoms with Crippen molar-refractivity contribution in [3.63, 3.8) is 0 Å². The molecule has 0 fully saturated rings. The number of rotatable bonds is 23. The van der Waals surface area contributed by atoms with E-state index in [2.05, 4.69) is 0 Å². The lowest BCUT2D eigenvalue weighted by molar-refractivity contribution is -0.145. The lowest BCUT2D eigenvalue weighted by atomic mass is 10.0. The second-order valence-electron chi connectivity index (χ2n) is 9.59. The minimum absolute atomic E-state index is 0.0278. The number of hydrogen-bond acceptors (Lipinski definition) is 11. The number of nitrogen functional groups attached to an aromatic ring is 1. The van der Waals surface area contributed by atoms with Crippen molar-refractivity contribution in [1.82, 2.24) is 19.6 Å². The van der Waals surface area contributed by atoms with E-state index in [0.29, 0.717) is 11.3 Å². The van der Waals surface area contributed by atoms with E-state index in [0.717, 1.165) is 4.90 Å². The van der Waals surface area contributed by atoms with Gasteiger partial charge in [-0.05, 0) is 24.1 Å². The number of carboxylic acid groups (broad SMARTS) is 6. The molecule has 0 aliphatic carbocycles. The van der Waals surface area contributed by atoms with Gasteiger partial charge in [0.1, 0.15) is 0 Å². The van der Waals surface area contributed by atoms with Gasteiger partial charge in [-0.2, -0.15) is 0 Å². The molecule has 0 saturated heterocycles. The zero-order valence-corrected chi connectivity index (χ0v) is 22.9. The Labute approximate surface area is 240 Å². The van der Waals surface area contributed by atoms with Crippen molar-refractivity contribution in [2.24, 2.45) is 0 Å². The second-order valence-corrected chi connectivity index (χ2v) is 9.59. The number of nitrogens with two attached hydrogens (primary N) is 1. The average molecular weight is 600 g/mol. The van der Waals surface area contributed by atoms with E-state index < -0.39 is 81.1 Å². The van der Waals surface area contributed by atoms with Crippen molar-refractivity contribution in [1.29, 1.82) is 0 Å². The molecule has 1 aromatic carbocycles. The molecule has 1 unspecified atom stereocenters. The first kappa shape index (κ1) is 35.7. The Morgan fingerprint density at radius 1 is 0.548 bits per heavy atom. The molecule has 234 valence electrons. The van der Waals surface area contributed by atoms with Gasteiger partial charge in [0.25, 0.3) is 0 Å². The Morgan fingerprint density at radius 3 is 1.33 bits per heavy atom. The molecule has 0 heterocycles. The molecular weight excluding hydrogens is 562 g/mol. The smallest absolute Gasteiger partial charge is 0.317 e. The van der Waals surface area contributed by atoms with Gasteiger partial charge in [-0.3, -0.25) is 48.4 Å². The third-order valence-corrected chi connectivity index (χ3v) is 6.01. The Kier molecular flexibility index (Phi) is 15.5. The number of carboxylic acids is 6. The first-order valence-electron chi connectivity index (χ1n) is 12.7. The van der Waals surface area contributed by atoms with Gasteiger partial charge in [0.15, 0.2) is 0 Å². The molecule has 1 rings (SSSR count). The van der Waals surface area contributed by atoms with Crippen LogP contribution in [-0.4, -0.2) is 164 Å². The fourth-order valence-corrected chi connectivity index (χ4v) is 4.24. The van der Waals surface area contributed by atoms with Gasteiger partial charge in [-0.15, -0.1) is 0 Å². The van der Waals surface area contributed by atoms with Crippen LogP contribution >= 0.6 is 0 Å². The largest absolute Gasteiger partial charge is 0.480 e. The van der Waals surface area contributed by atoms with Crippen LogP contribution in [0.2, 0.25) is 0 Å². The molecule has 42 heavy (non-hydrogen) atoms.